The molecule has 3 aromatic rings. The molecule has 0 saturated heterocycles. The number of nitriles is 1. The van der Waals surface area contributed by atoms with Crippen LogP contribution in [0.1, 0.15) is 11.4 Å². The molecule has 0 bridgehead atoms. The van der Waals surface area contributed by atoms with Gasteiger partial charge in [-0.3, -0.25) is 4.98 Å². The first kappa shape index (κ1) is 15.8. The van der Waals surface area contributed by atoms with Crippen molar-refractivity contribution in [2.45, 2.75) is 6.42 Å². The highest BCUT2D eigenvalue weighted by atomic mass is 15.3. The summed E-state index contributed by atoms with van der Waals surface area (Å²) in [6.07, 6.45) is 4.37. The first-order valence-corrected chi connectivity index (χ1v) is 8.36. The zero-order valence-corrected chi connectivity index (χ0v) is 14.1. The molecule has 3 heterocycles. The van der Waals surface area contributed by atoms with Crippen molar-refractivity contribution in [2.75, 3.05) is 28.7 Å². The van der Waals surface area contributed by atoms with Crippen molar-refractivity contribution in [3.8, 4) is 6.07 Å². The summed E-state index contributed by atoms with van der Waals surface area (Å²) in [6.45, 7) is 1.27. The third-order valence-electron chi connectivity index (χ3n) is 4.17. The summed E-state index contributed by atoms with van der Waals surface area (Å²) >= 11 is 0. The van der Waals surface area contributed by atoms with E-state index in [1.807, 2.05) is 41.3 Å². The highest BCUT2D eigenvalue weighted by molar-refractivity contribution is 5.85. The van der Waals surface area contributed by atoms with Gasteiger partial charge < -0.3 is 15.5 Å². The highest BCUT2D eigenvalue weighted by Crippen LogP contribution is 2.38. The van der Waals surface area contributed by atoms with E-state index in [2.05, 4.69) is 37.7 Å². The molecule has 1 aliphatic heterocycles. The molecule has 26 heavy (non-hydrogen) atoms. The highest BCUT2D eigenvalue weighted by Gasteiger charge is 2.26. The van der Waals surface area contributed by atoms with Crippen LogP contribution < -0.4 is 15.5 Å². The summed E-state index contributed by atoms with van der Waals surface area (Å²) in [5.41, 5.74) is 2.97. The first-order chi connectivity index (χ1) is 12.8. The molecule has 0 unspecified atom stereocenters. The van der Waals surface area contributed by atoms with Gasteiger partial charge in [-0.1, -0.05) is 30.3 Å². The molecule has 7 heteroatoms. The van der Waals surface area contributed by atoms with E-state index in [0.29, 0.717) is 24.8 Å². The minimum Gasteiger partial charge on any atom is -0.368 e. The Morgan fingerprint density at radius 1 is 1.15 bits per heavy atom. The number of benzene rings is 1. The summed E-state index contributed by atoms with van der Waals surface area (Å²) in [5, 5.41) is 16.0. The molecule has 0 saturated carbocycles. The molecule has 0 spiro atoms. The Morgan fingerprint density at radius 2 is 2.04 bits per heavy atom. The van der Waals surface area contributed by atoms with Gasteiger partial charge in [0.05, 0.1) is 18.6 Å². The second-order valence-corrected chi connectivity index (χ2v) is 5.84. The summed E-state index contributed by atoms with van der Waals surface area (Å²) in [6, 6.07) is 16.1. The molecule has 0 aliphatic carbocycles. The zero-order valence-electron chi connectivity index (χ0n) is 14.1. The summed E-state index contributed by atoms with van der Waals surface area (Å²) in [5.74, 6) is 1.48. The fraction of sp³-hybridized carbons (Fsp3) is 0.158. The van der Waals surface area contributed by atoms with Gasteiger partial charge in [-0.2, -0.15) is 15.2 Å². The van der Waals surface area contributed by atoms with Crippen LogP contribution in [-0.2, 0) is 6.42 Å². The number of nitrogens with one attached hydrogen (secondary N) is 2. The van der Waals surface area contributed by atoms with Gasteiger partial charge in [-0.15, -0.1) is 0 Å². The Hall–Kier alpha value is -3.66. The van der Waals surface area contributed by atoms with E-state index in [4.69, 9.17) is 0 Å². The third-order valence-corrected chi connectivity index (χ3v) is 4.17. The lowest BCUT2D eigenvalue weighted by molar-refractivity contribution is 0.994. The van der Waals surface area contributed by atoms with Crippen molar-refractivity contribution in [2.24, 2.45) is 0 Å². The van der Waals surface area contributed by atoms with Crippen LogP contribution >= 0.6 is 0 Å². The average Bonchev–Trinajstić information content (AvgIpc) is 3.13. The molecular formula is C19H17N7. The first-order valence-electron chi connectivity index (χ1n) is 8.36. The van der Waals surface area contributed by atoms with E-state index >= 15 is 0 Å². The molecule has 0 fully saturated rings. The topological polar surface area (TPSA) is 89.8 Å². The van der Waals surface area contributed by atoms with Gasteiger partial charge in [-0.25, -0.2) is 0 Å². The molecule has 0 radical (unpaired) electrons. The molecule has 4 rings (SSSR count). The lowest BCUT2D eigenvalue weighted by Gasteiger charge is -2.16. The molecule has 2 N–H and O–H groups in total. The molecular weight excluding hydrogens is 326 g/mol. The Bertz CT molecular complexity index is 935. The van der Waals surface area contributed by atoms with Crippen LogP contribution in [0.25, 0.3) is 0 Å². The number of hydrogen-bond acceptors (Lipinski definition) is 7. The Balaban J connectivity index is 1.58. The molecule has 2 aromatic heterocycles. The van der Waals surface area contributed by atoms with Crippen LogP contribution in [0.2, 0.25) is 0 Å². The number of hydrogen-bond donors (Lipinski definition) is 2. The van der Waals surface area contributed by atoms with Crippen LogP contribution in [0.5, 0.6) is 0 Å². The average molecular weight is 343 g/mol. The molecule has 128 valence electrons. The maximum absolute atomic E-state index is 9.30. The van der Waals surface area contributed by atoms with Crippen molar-refractivity contribution in [1.82, 2.24) is 15.0 Å². The minimum atomic E-state index is 0.142. The fourth-order valence-corrected chi connectivity index (χ4v) is 2.91. The summed E-state index contributed by atoms with van der Waals surface area (Å²) in [7, 11) is 0. The maximum Gasteiger partial charge on any atom is 0.236 e. The van der Waals surface area contributed by atoms with Crippen molar-refractivity contribution < 1.29 is 0 Å². The Kier molecular flexibility index (Phi) is 4.31. The molecule has 1 aliphatic rings. The second kappa shape index (κ2) is 7.07. The van der Waals surface area contributed by atoms with Crippen LogP contribution in [0.4, 0.5) is 23.0 Å². The van der Waals surface area contributed by atoms with Gasteiger partial charge in [0.15, 0.2) is 11.6 Å². The smallest absolute Gasteiger partial charge is 0.236 e. The number of fused-ring (bicyclic) bond motifs is 1. The quantitative estimate of drug-likeness (QED) is 0.736. The predicted octanol–water partition coefficient (Wildman–Crippen LogP) is 2.92. The second-order valence-electron chi connectivity index (χ2n) is 5.84. The number of nitrogens with zero attached hydrogens (tertiary/aromatic N) is 5. The van der Waals surface area contributed by atoms with Crippen molar-refractivity contribution in [1.29, 1.82) is 5.26 Å². The number of anilines is 4. The van der Waals surface area contributed by atoms with Gasteiger partial charge >= 0.3 is 0 Å². The van der Waals surface area contributed by atoms with Crippen molar-refractivity contribution in [3.63, 3.8) is 0 Å². The van der Waals surface area contributed by atoms with Gasteiger partial charge in [0, 0.05) is 12.7 Å². The largest absolute Gasteiger partial charge is 0.368 e. The molecule has 7 nitrogen and oxygen atoms in total. The Labute approximate surface area is 151 Å². The summed E-state index contributed by atoms with van der Waals surface area (Å²) in [4.78, 5) is 14.9. The van der Waals surface area contributed by atoms with E-state index in [-0.39, 0.29) is 5.82 Å². The van der Waals surface area contributed by atoms with Gasteiger partial charge in [0.2, 0.25) is 5.82 Å². The number of pyridine rings is 1. The number of rotatable bonds is 5. The van der Waals surface area contributed by atoms with E-state index < -0.39 is 0 Å². The third kappa shape index (κ3) is 3.13. The molecule has 1 aromatic carbocycles. The maximum atomic E-state index is 9.30. The van der Waals surface area contributed by atoms with Crippen LogP contribution in [-0.4, -0.2) is 28.2 Å². The lowest BCUT2D eigenvalue weighted by atomic mass is 10.1. The standard InChI is InChI=1S/C19H17N7/c20-11-16-24-18(22-10-8-14-5-2-1-3-6-14)17-19(25-16)26(13-23-17)15-7-4-9-21-12-15/h1-7,9,12,23H,8,10,13H2,(H,22,24,25). The molecule has 0 atom stereocenters. The zero-order chi connectivity index (χ0) is 17.8. The predicted molar refractivity (Wildman–Crippen MR) is 100 cm³/mol. The number of aromatic nitrogens is 3. The van der Waals surface area contributed by atoms with Crippen LogP contribution in [0.3, 0.4) is 0 Å². The van der Waals surface area contributed by atoms with E-state index in [1.165, 1.54) is 5.56 Å². The van der Waals surface area contributed by atoms with Gasteiger partial charge in [-0.05, 0) is 24.1 Å². The minimum absolute atomic E-state index is 0.142. The van der Waals surface area contributed by atoms with Gasteiger partial charge in [0.1, 0.15) is 11.8 Å². The lowest BCUT2D eigenvalue weighted by Crippen LogP contribution is -2.17. The van der Waals surface area contributed by atoms with E-state index in [1.54, 1.807) is 12.4 Å². The molecule has 0 amide bonds. The van der Waals surface area contributed by atoms with Crippen LogP contribution in [0, 0.1) is 11.3 Å². The normalized spacial score (nSPS) is 12.2. The monoisotopic (exact) mass is 343 g/mol. The van der Waals surface area contributed by atoms with Gasteiger partial charge in [0.25, 0.3) is 0 Å². The SMILES string of the molecule is N#Cc1nc(NCCc2ccccc2)c2c(n1)N(c1cccnc1)CN2. The van der Waals surface area contributed by atoms with Crippen molar-refractivity contribution >= 4 is 23.0 Å². The fourth-order valence-electron chi connectivity index (χ4n) is 2.91. The van der Waals surface area contributed by atoms with E-state index in [0.717, 1.165) is 17.8 Å². The van der Waals surface area contributed by atoms with Crippen molar-refractivity contribution in [3.05, 3.63) is 66.2 Å². The summed E-state index contributed by atoms with van der Waals surface area (Å²) < 4.78 is 0. The van der Waals surface area contributed by atoms with E-state index in [9.17, 15) is 5.26 Å². The van der Waals surface area contributed by atoms with Crippen LogP contribution in [0.15, 0.2) is 54.9 Å². The Morgan fingerprint density at radius 3 is 2.81 bits per heavy atom.